The van der Waals surface area contributed by atoms with Gasteiger partial charge in [0, 0.05) is 25.5 Å². The second-order valence-electron chi connectivity index (χ2n) is 4.47. The Hall–Kier alpha value is -1.85. The van der Waals surface area contributed by atoms with E-state index in [1.54, 1.807) is 36.8 Å². The SMILES string of the molecule is Oc1ccc(C(O)CNCCCn2ccnc2)cc1. The summed E-state index contributed by atoms with van der Waals surface area (Å²) >= 11 is 0. The fraction of sp³-hybridized carbons (Fsp3) is 0.357. The first kappa shape index (κ1) is 13.6. The van der Waals surface area contributed by atoms with Crippen molar-refractivity contribution < 1.29 is 10.2 Å². The van der Waals surface area contributed by atoms with Crippen LogP contribution in [-0.4, -0.2) is 32.9 Å². The number of hydrogen-bond donors (Lipinski definition) is 3. The second-order valence-corrected chi connectivity index (χ2v) is 4.47. The summed E-state index contributed by atoms with van der Waals surface area (Å²) < 4.78 is 2.03. The van der Waals surface area contributed by atoms with Gasteiger partial charge in [-0.1, -0.05) is 12.1 Å². The Labute approximate surface area is 112 Å². The molecule has 0 aliphatic carbocycles. The van der Waals surface area contributed by atoms with Gasteiger partial charge in [-0.25, -0.2) is 4.98 Å². The number of imidazole rings is 1. The molecular weight excluding hydrogens is 242 g/mol. The summed E-state index contributed by atoms with van der Waals surface area (Å²) in [6.45, 7) is 2.27. The molecule has 102 valence electrons. The van der Waals surface area contributed by atoms with Crippen molar-refractivity contribution in [3.05, 3.63) is 48.5 Å². The van der Waals surface area contributed by atoms with Crippen molar-refractivity contribution in [2.24, 2.45) is 0 Å². The van der Waals surface area contributed by atoms with E-state index in [1.807, 2.05) is 10.8 Å². The van der Waals surface area contributed by atoms with Crippen molar-refractivity contribution in [1.82, 2.24) is 14.9 Å². The van der Waals surface area contributed by atoms with Crippen molar-refractivity contribution in [3.8, 4) is 5.75 Å². The van der Waals surface area contributed by atoms with Gasteiger partial charge >= 0.3 is 0 Å². The standard InChI is InChI=1S/C14H19N3O2/c18-13-4-2-12(3-5-13)14(19)10-15-6-1-8-17-9-7-16-11-17/h2-5,7,9,11,14-15,18-19H,1,6,8,10H2. The van der Waals surface area contributed by atoms with E-state index in [2.05, 4.69) is 10.3 Å². The minimum Gasteiger partial charge on any atom is -0.508 e. The molecule has 0 aliphatic rings. The van der Waals surface area contributed by atoms with Crippen LogP contribution >= 0.6 is 0 Å². The van der Waals surface area contributed by atoms with E-state index >= 15 is 0 Å². The normalized spacial score (nSPS) is 12.5. The van der Waals surface area contributed by atoms with Crippen molar-refractivity contribution >= 4 is 0 Å². The summed E-state index contributed by atoms with van der Waals surface area (Å²) in [5.74, 6) is 0.212. The predicted molar refractivity (Wildman–Crippen MR) is 72.8 cm³/mol. The van der Waals surface area contributed by atoms with Gasteiger partial charge in [-0.05, 0) is 30.7 Å². The third-order valence-electron chi connectivity index (χ3n) is 2.94. The Kier molecular flexibility index (Phi) is 4.94. The first-order valence-electron chi connectivity index (χ1n) is 6.39. The molecule has 2 aromatic rings. The molecule has 0 aliphatic heterocycles. The highest BCUT2D eigenvalue weighted by Crippen LogP contribution is 2.15. The predicted octanol–water partition coefficient (Wildman–Crippen LogP) is 1.30. The average Bonchev–Trinajstić information content (AvgIpc) is 2.92. The number of benzene rings is 1. The number of rotatable bonds is 7. The van der Waals surface area contributed by atoms with Gasteiger partial charge in [0.25, 0.3) is 0 Å². The zero-order valence-electron chi connectivity index (χ0n) is 10.7. The first-order chi connectivity index (χ1) is 9.25. The molecule has 19 heavy (non-hydrogen) atoms. The van der Waals surface area contributed by atoms with Gasteiger partial charge in [-0.15, -0.1) is 0 Å². The number of phenols is 1. The third-order valence-corrected chi connectivity index (χ3v) is 2.94. The van der Waals surface area contributed by atoms with Crippen LogP contribution in [0.15, 0.2) is 43.0 Å². The Bertz CT molecular complexity index is 468. The van der Waals surface area contributed by atoms with Gasteiger partial charge in [0.15, 0.2) is 0 Å². The Morgan fingerprint density at radius 3 is 2.74 bits per heavy atom. The minimum absolute atomic E-state index is 0.212. The lowest BCUT2D eigenvalue weighted by atomic mass is 10.1. The van der Waals surface area contributed by atoms with Gasteiger partial charge in [0.1, 0.15) is 5.75 Å². The smallest absolute Gasteiger partial charge is 0.115 e. The average molecular weight is 261 g/mol. The summed E-state index contributed by atoms with van der Waals surface area (Å²) in [4.78, 5) is 3.98. The van der Waals surface area contributed by atoms with E-state index in [9.17, 15) is 10.2 Å². The van der Waals surface area contributed by atoms with E-state index in [4.69, 9.17) is 0 Å². The molecule has 1 aromatic heterocycles. The van der Waals surface area contributed by atoms with Crippen molar-refractivity contribution in [1.29, 1.82) is 0 Å². The van der Waals surface area contributed by atoms with Crippen molar-refractivity contribution in [3.63, 3.8) is 0 Å². The zero-order valence-corrected chi connectivity index (χ0v) is 10.7. The Morgan fingerprint density at radius 1 is 1.26 bits per heavy atom. The highest BCUT2D eigenvalue weighted by atomic mass is 16.3. The summed E-state index contributed by atoms with van der Waals surface area (Å²) in [5, 5.41) is 22.3. The molecule has 1 heterocycles. The largest absolute Gasteiger partial charge is 0.508 e. The molecule has 3 N–H and O–H groups in total. The van der Waals surface area contributed by atoms with Gasteiger partial charge < -0.3 is 20.1 Å². The van der Waals surface area contributed by atoms with Crippen LogP contribution in [0.1, 0.15) is 18.1 Å². The molecule has 0 fully saturated rings. The lowest BCUT2D eigenvalue weighted by molar-refractivity contribution is 0.174. The summed E-state index contributed by atoms with van der Waals surface area (Å²) in [5.41, 5.74) is 0.805. The number of phenolic OH excluding ortho intramolecular Hbond substituents is 1. The molecule has 0 spiro atoms. The zero-order chi connectivity index (χ0) is 13.5. The molecule has 0 saturated heterocycles. The highest BCUT2D eigenvalue weighted by molar-refractivity contribution is 5.27. The summed E-state index contributed by atoms with van der Waals surface area (Å²) in [6, 6.07) is 6.62. The molecule has 1 aromatic carbocycles. The van der Waals surface area contributed by atoms with Crippen LogP contribution in [0.2, 0.25) is 0 Å². The fourth-order valence-electron chi connectivity index (χ4n) is 1.86. The highest BCUT2D eigenvalue weighted by Gasteiger charge is 2.06. The Balaban J connectivity index is 1.63. The van der Waals surface area contributed by atoms with Crippen molar-refractivity contribution in [2.45, 2.75) is 19.1 Å². The Morgan fingerprint density at radius 2 is 2.05 bits per heavy atom. The third kappa shape index (κ3) is 4.39. The summed E-state index contributed by atoms with van der Waals surface area (Å²) in [7, 11) is 0. The molecule has 5 nitrogen and oxygen atoms in total. The van der Waals surface area contributed by atoms with E-state index in [0.717, 1.165) is 25.1 Å². The number of aryl methyl sites for hydroxylation is 1. The number of aliphatic hydroxyl groups is 1. The molecule has 2 rings (SSSR count). The topological polar surface area (TPSA) is 70.3 Å². The van der Waals surface area contributed by atoms with Crippen LogP contribution in [0, 0.1) is 0 Å². The fourth-order valence-corrected chi connectivity index (χ4v) is 1.86. The summed E-state index contributed by atoms with van der Waals surface area (Å²) in [6.07, 6.45) is 5.94. The van der Waals surface area contributed by atoms with Crippen LogP contribution in [0.5, 0.6) is 5.75 Å². The molecule has 0 amide bonds. The maximum atomic E-state index is 9.94. The number of hydrogen-bond acceptors (Lipinski definition) is 4. The van der Waals surface area contributed by atoms with Crippen LogP contribution in [0.4, 0.5) is 0 Å². The number of aromatic nitrogens is 2. The molecule has 1 atom stereocenters. The number of nitrogens with zero attached hydrogens (tertiary/aromatic N) is 2. The lowest BCUT2D eigenvalue weighted by Gasteiger charge is -2.12. The van der Waals surface area contributed by atoms with Crippen LogP contribution in [0.3, 0.4) is 0 Å². The lowest BCUT2D eigenvalue weighted by Crippen LogP contribution is -2.23. The second kappa shape index (κ2) is 6.92. The van der Waals surface area contributed by atoms with E-state index in [0.29, 0.717) is 6.54 Å². The monoisotopic (exact) mass is 261 g/mol. The molecule has 1 unspecified atom stereocenters. The molecule has 0 radical (unpaired) electrons. The van der Waals surface area contributed by atoms with Crippen molar-refractivity contribution in [2.75, 3.05) is 13.1 Å². The van der Waals surface area contributed by atoms with E-state index in [1.165, 1.54) is 0 Å². The van der Waals surface area contributed by atoms with E-state index in [-0.39, 0.29) is 5.75 Å². The van der Waals surface area contributed by atoms with Gasteiger partial charge in [0.2, 0.25) is 0 Å². The molecule has 0 bridgehead atoms. The molecule has 0 saturated carbocycles. The van der Waals surface area contributed by atoms with Crippen LogP contribution in [-0.2, 0) is 6.54 Å². The van der Waals surface area contributed by atoms with Gasteiger partial charge in [-0.2, -0.15) is 0 Å². The minimum atomic E-state index is -0.547. The van der Waals surface area contributed by atoms with E-state index < -0.39 is 6.10 Å². The number of aromatic hydroxyl groups is 1. The van der Waals surface area contributed by atoms with Gasteiger partial charge in [0.05, 0.1) is 12.4 Å². The van der Waals surface area contributed by atoms with Crippen LogP contribution < -0.4 is 5.32 Å². The number of aliphatic hydroxyl groups excluding tert-OH is 1. The van der Waals surface area contributed by atoms with Crippen LogP contribution in [0.25, 0.3) is 0 Å². The maximum absolute atomic E-state index is 9.94. The first-order valence-corrected chi connectivity index (χ1v) is 6.39. The molecule has 5 heteroatoms. The quantitative estimate of drug-likeness (QED) is 0.657. The van der Waals surface area contributed by atoms with Gasteiger partial charge in [-0.3, -0.25) is 0 Å². The number of nitrogens with one attached hydrogen (secondary N) is 1. The maximum Gasteiger partial charge on any atom is 0.115 e. The molecular formula is C14H19N3O2.